The highest BCUT2D eigenvalue weighted by molar-refractivity contribution is 7.47. The standard InChI is InChI=1S/C46H84O14P2/c1-4-5-26-32-43-44(60-43)33-28-23-19-15-12-13-17-21-25-30-35-46(49)59-42(39-58-62(53,54)57-37-41(47)36-56-61(50,51)52)38-55-45(48)34-29-24-20-16-11-9-7-6-8-10-14-18-22-27-31-40(2)3/h12,15,17,21,23,28,40-44,47H,4-11,13-14,16,18-20,22,24-27,29-39H2,1-3H3,(H,53,54)(H2,50,51,52)/b15-12-,21-17-,28-23-/t41-,42+,43?,44?/m0/s1. The smallest absolute Gasteiger partial charge is 0.462 e. The Bertz CT molecular complexity index is 1320. The van der Waals surface area contributed by atoms with Crippen molar-refractivity contribution in [1.82, 2.24) is 0 Å². The maximum atomic E-state index is 12.7. The van der Waals surface area contributed by atoms with Gasteiger partial charge in [0, 0.05) is 12.8 Å². The maximum absolute atomic E-state index is 12.7. The third-order valence-electron chi connectivity index (χ3n) is 10.4. The number of esters is 2. The second-order valence-electron chi connectivity index (χ2n) is 16.9. The van der Waals surface area contributed by atoms with Gasteiger partial charge in [0.2, 0.25) is 0 Å². The number of phosphoric ester groups is 2. The van der Waals surface area contributed by atoms with Crippen LogP contribution in [0.2, 0.25) is 0 Å². The number of ether oxygens (including phenoxy) is 3. The highest BCUT2D eigenvalue weighted by Gasteiger charge is 2.36. The van der Waals surface area contributed by atoms with Crippen LogP contribution in [0.4, 0.5) is 0 Å². The second-order valence-corrected chi connectivity index (χ2v) is 19.6. The Labute approximate surface area is 373 Å². The first-order valence-corrected chi connectivity index (χ1v) is 26.7. The molecule has 1 saturated heterocycles. The topological polar surface area (TPSA) is 208 Å². The molecule has 4 N–H and O–H groups in total. The normalized spacial score (nSPS) is 17.6. The average molecular weight is 923 g/mol. The van der Waals surface area contributed by atoms with Gasteiger partial charge in [-0.2, -0.15) is 0 Å². The van der Waals surface area contributed by atoms with Crippen LogP contribution in [0.15, 0.2) is 36.5 Å². The summed E-state index contributed by atoms with van der Waals surface area (Å²) in [6.45, 7) is 4.01. The largest absolute Gasteiger partial charge is 0.472 e. The Morgan fingerprint density at radius 3 is 1.74 bits per heavy atom. The Morgan fingerprint density at radius 2 is 1.15 bits per heavy atom. The molecule has 362 valence electrons. The van der Waals surface area contributed by atoms with Crippen molar-refractivity contribution in [2.45, 2.75) is 212 Å². The van der Waals surface area contributed by atoms with Crippen molar-refractivity contribution in [3.05, 3.63) is 36.5 Å². The molecule has 1 fully saturated rings. The molecule has 0 spiro atoms. The van der Waals surface area contributed by atoms with Crippen LogP contribution in [0.3, 0.4) is 0 Å². The molecule has 1 aliphatic rings. The fourth-order valence-corrected chi connectivity index (χ4v) is 7.83. The van der Waals surface area contributed by atoms with Crippen molar-refractivity contribution in [2.75, 3.05) is 26.4 Å². The molecule has 1 heterocycles. The molecular formula is C46H84O14P2. The van der Waals surface area contributed by atoms with E-state index in [1.807, 2.05) is 12.2 Å². The average Bonchev–Trinajstić information content (AvgIpc) is 3.97. The summed E-state index contributed by atoms with van der Waals surface area (Å²) < 4.78 is 53.5. The quantitative estimate of drug-likeness (QED) is 0.0148. The van der Waals surface area contributed by atoms with Gasteiger partial charge in [-0.15, -0.1) is 0 Å². The lowest BCUT2D eigenvalue weighted by atomic mass is 10.0. The molecule has 5 atom stereocenters. The molecule has 0 aromatic rings. The number of allylic oxidation sites excluding steroid dienone is 5. The van der Waals surface area contributed by atoms with Crippen molar-refractivity contribution in [3.8, 4) is 0 Å². The van der Waals surface area contributed by atoms with E-state index >= 15 is 0 Å². The number of carbonyl (C=O) groups is 2. The van der Waals surface area contributed by atoms with Crippen LogP contribution in [-0.2, 0) is 46.5 Å². The molecule has 62 heavy (non-hydrogen) atoms. The van der Waals surface area contributed by atoms with E-state index in [1.54, 1.807) is 0 Å². The third-order valence-corrected chi connectivity index (χ3v) is 11.8. The molecule has 0 saturated carbocycles. The summed E-state index contributed by atoms with van der Waals surface area (Å²) >= 11 is 0. The Morgan fingerprint density at radius 1 is 0.613 bits per heavy atom. The highest BCUT2D eigenvalue weighted by atomic mass is 31.2. The number of unbranched alkanes of at least 4 members (excludes halogenated alkanes) is 16. The zero-order valence-electron chi connectivity index (χ0n) is 38.3. The summed E-state index contributed by atoms with van der Waals surface area (Å²) in [6.07, 6.45) is 37.5. The zero-order chi connectivity index (χ0) is 45.7. The van der Waals surface area contributed by atoms with Crippen molar-refractivity contribution >= 4 is 27.6 Å². The van der Waals surface area contributed by atoms with Gasteiger partial charge >= 0.3 is 27.6 Å². The number of hydrogen-bond donors (Lipinski definition) is 4. The van der Waals surface area contributed by atoms with Gasteiger partial charge in [-0.25, -0.2) is 9.13 Å². The SMILES string of the molecule is CCCCCC1OC1C/C=C\C/C=C\C/C=C\CCCC(=O)O[C@H](COC(=O)CCCCCCCCCCCCCCCCC(C)C)COP(=O)(O)OC[C@@H](O)COP(=O)(O)O. The minimum atomic E-state index is -4.87. The third kappa shape index (κ3) is 38.7. The van der Waals surface area contributed by atoms with Crippen LogP contribution in [0.1, 0.15) is 188 Å². The van der Waals surface area contributed by atoms with Crippen LogP contribution in [0.25, 0.3) is 0 Å². The van der Waals surface area contributed by atoms with Crippen molar-refractivity contribution in [2.24, 2.45) is 5.92 Å². The van der Waals surface area contributed by atoms with E-state index in [0.717, 1.165) is 50.9 Å². The number of carbonyl (C=O) groups excluding carboxylic acids is 2. The zero-order valence-corrected chi connectivity index (χ0v) is 40.1. The van der Waals surface area contributed by atoms with Crippen LogP contribution >= 0.6 is 15.6 Å². The summed E-state index contributed by atoms with van der Waals surface area (Å²) in [5.74, 6) is -0.287. The first-order valence-electron chi connectivity index (χ1n) is 23.7. The number of aliphatic hydroxyl groups excluding tert-OH is 1. The lowest BCUT2D eigenvalue weighted by Gasteiger charge is -2.20. The maximum Gasteiger partial charge on any atom is 0.472 e. The first kappa shape index (κ1) is 58.3. The summed E-state index contributed by atoms with van der Waals surface area (Å²) in [5, 5.41) is 9.76. The Hall–Kier alpha value is -1.70. The number of hydrogen-bond acceptors (Lipinski definition) is 11. The molecule has 0 aromatic carbocycles. The van der Waals surface area contributed by atoms with Gasteiger partial charge in [-0.1, -0.05) is 166 Å². The summed E-state index contributed by atoms with van der Waals surface area (Å²) in [5.41, 5.74) is 0. The number of aliphatic hydroxyl groups is 1. The van der Waals surface area contributed by atoms with Crippen molar-refractivity contribution in [1.29, 1.82) is 0 Å². The fourth-order valence-electron chi connectivity index (χ4n) is 6.68. The molecule has 14 nitrogen and oxygen atoms in total. The summed E-state index contributed by atoms with van der Waals surface area (Å²) in [6, 6.07) is 0. The summed E-state index contributed by atoms with van der Waals surface area (Å²) in [4.78, 5) is 52.8. The van der Waals surface area contributed by atoms with Gasteiger partial charge in [0.1, 0.15) is 12.7 Å². The van der Waals surface area contributed by atoms with Crippen molar-refractivity contribution in [3.63, 3.8) is 0 Å². The van der Waals surface area contributed by atoms with E-state index < -0.39 is 66.2 Å². The van der Waals surface area contributed by atoms with E-state index in [4.69, 9.17) is 28.5 Å². The number of epoxide rings is 1. The van der Waals surface area contributed by atoms with Gasteiger partial charge in [-0.05, 0) is 50.9 Å². The predicted octanol–water partition coefficient (Wildman–Crippen LogP) is 11.3. The molecule has 16 heteroatoms. The molecule has 0 aliphatic carbocycles. The Kier molecular flexibility index (Phi) is 35.3. The molecular weight excluding hydrogens is 838 g/mol. The van der Waals surface area contributed by atoms with Gasteiger partial charge in [0.05, 0.1) is 32.0 Å². The molecule has 1 aliphatic heterocycles. The van der Waals surface area contributed by atoms with E-state index in [-0.39, 0.29) is 12.8 Å². The molecule has 3 unspecified atom stereocenters. The number of rotatable bonds is 43. The van der Waals surface area contributed by atoms with Gasteiger partial charge in [0.25, 0.3) is 0 Å². The lowest BCUT2D eigenvalue weighted by Crippen LogP contribution is -2.29. The second kappa shape index (κ2) is 37.5. The number of phosphoric acid groups is 2. The van der Waals surface area contributed by atoms with Crippen LogP contribution in [0.5, 0.6) is 0 Å². The summed E-state index contributed by atoms with van der Waals surface area (Å²) in [7, 11) is -9.70. The van der Waals surface area contributed by atoms with Gasteiger partial charge < -0.3 is 34.0 Å². The minimum Gasteiger partial charge on any atom is -0.462 e. The minimum absolute atomic E-state index is 0.0529. The molecule has 0 aromatic heterocycles. The monoisotopic (exact) mass is 923 g/mol. The van der Waals surface area contributed by atoms with E-state index in [0.29, 0.717) is 31.5 Å². The van der Waals surface area contributed by atoms with Crippen LogP contribution < -0.4 is 0 Å². The van der Waals surface area contributed by atoms with Gasteiger partial charge in [-0.3, -0.25) is 23.2 Å². The van der Waals surface area contributed by atoms with E-state index in [2.05, 4.69) is 54.1 Å². The molecule has 0 amide bonds. The van der Waals surface area contributed by atoms with Crippen LogP contribution in [0, 0.1) is 5.92 Å². The van der Waals surface area contributed by atoms with Gasteiger partial charge in [0.15, 0.2) is 6.10 Å². The fraction of sp³-hybridized carbons (Fsp3) is 0.826. The highest BCUT2D eigenvalue weighted by Crippen LogP contribution is 2.44. The molecule has 0 bridgehead atoms. The first-order chi connectivity index (χ1) is 29.7. The van der Waals surface area contributed by atoms with E-state index in [9.17, 15) is 28.7 Å². The molecule has 0 radical (unpaired) electrons. The van der Waals surface area contributed by atoms with E-state index in [1.165, 1.54) is 89.9 Å². The predicted molar refractivity (Wildman–Crippen MR) is 243 cm³/mol. The Balaban J connectivity index is 2.35. The lowest BCUT2D eigenvalue weighted by molar-refractivity contribution is -0.161. The van der Waals surface area contributed by atoms with Crippen LogP contribution in [-0.4, -0.2) is 82.6 Å². The molecule has 1 rings (SSSR count). The van der Waals surface area contributed by atoms with Crippen molar-refractivity contribution < 1.29 is 66.3 Å².